The molecule has 112 valence electrons. The maximum absolute atomic E-state index is 9.44. The highest BCUT2D eigenvalue weighted by molar-refractivity contribution is 5.46. The first-order valence-corrected chi connectivity index (χ1v) is 7.48. The summed E-state index contributed by atoms with van der Waals surface area (Å²) < 4.78 is 0. The average molecular weight is 293 g/mol. The number of benzene rings is 1. The standard InChI is InChI=1S/C18H19N3O/c22-18-11-15(12-20-13-18)5-6-16-3-1-2-4-17(16)14-21-9-7-19-8-10-21/h1-4,11-13,19,22H,7-10,14H2. The fraction of sp³-hybridized carbons (Fsp3) is 0.278. The van der Waals surface area contributed by atoms with Gasteiger partial charge in [0.15, 0.2) is 0 Å². The first kappa shape index (κ1) is 14.6. The van der Waals surface area contributed by atoms with Crippen molar-refractivity contribution in [2.24, 2.45) is 0 Å². The minimum Gasteiger partial charge on any atom is -0.506 e. The molecule has 0 amide bonds. The highest BCUT2D eigenvalue weighted by atomic mass is 16.3. The third kappa shape index (κ3) is 3.85. The van der Waals surface area contributed by atoms with E-state index in [1.165, 1.54) is 11.8 Å². The summed E-state index contributed by atoms with van der Waals surface area (Å²) >= 11 is 0. The Balaban J connectivity index is 1.79. The molecule has 4 nitrogen and oxygen atoms in total. The van der Waals surface area contributed by atoms with Crippen molar-refractivity contribution in [3.8, 4) is 17.6 Å². The Morgan fingerprint density at radius 2 is 1.95 bits per heavy atom. The zero-order valence-corrected chi connectivity index (χ0v) is 12.4. The maximum atomic E-state index is 9.44. The van der Waals surface area contributed by atoms with Gasteiger partial charge in [0.2, 0.25) is 0 Å². The van der Waals surface area contributed by atoms with Gasteiger partial charge in [0, 0.05) is 50.0 Å². The molecule has 0 unspecified atom stereocenters. The molecule has 1 aliphatic rings. The van der Waals surface area contributed by atoms with Crippen LogP contribution in [0.4, 0.5) is 0 Å². The van der Waals surface area contributed by atoms with Crippen molar-refractivity contribution in [1.29, 1.82) is 0 Å². The van der Waals surface area contributed by atoms with Crippen LogP contribution in [0.2, 0.25) is 0 Å². The van der Waals surface area contributed by atoms with E-state index in [9.17, 15) is 5.11 Å². The lowest BCUT2D eigenvalue weighted by Crippen LogP contribution is -2.42. The molecule has 3 rings (SSSR count). The van der Waals surface area contributed by atoms with Gasteiger partial charge < -0.3 is 10.4 Å². The number of nitrogens with zero attached hydrogens (tertiary/aromatic N) is 2. The van der Waals surface area contributed by atoms with Crippen molar-refractivity contribution < 1.29 is 5.11 Å². The van der Waals surface area contributed by atoms with Crippen molar-refractivity contribution in [2.75, 3.05) is 26.2 Å². The Morgan fingerprint density at radius 3 is 2.77 bits per heavy atom. The molecular formula is C18H19N3O. The zero-order chi connectivity index (χ0) is 15.2. The van der Waals surface area contributed by atoms with E-state index in [4.69, 9.17) is 0 Å². The van der Waals surface area contributed by atoms with Crippen molar-refractivity contribution in [3.05, 3.63) is 59.4 Å². The monoisotopic (exact) mass is 293 g/mol. The van der Waals surface area contributed by atoms with Crippen molar-refractivity contribution >= 4 is 0 Å². The molecular weight excluding hydrogens is 274 g/mol. The quantitative estimate of drug-likeness (QED) is 0.826. The van der Waals surface area contributed by atoms with Crippen LogP contribution in [0.5, 0.6) is 5.75 Å². The van der Waals surface area contributed by atoms with Crippen LogP contribution >= 0.6 is 0 Å². The molecule has 2 N–H and O–H groups in total. The van der Waals surface area contributed by atoms with Gasteiger partial charge in [0.1, 0.15) is 5.75 Å². The highest BCUT2D eigenvalue weighted by Gasteiger charge is 2.11. The molecule has 0 radical (unpaired) electrons. The van der Waals surface area contributed by atoms with Crippen LogP contribution in [0.25, 0.3) is 0 Å². The van der Waals surface area contributed by atoms with Crippen LogP contribution < -0.4 is 5.32 Å². The van der Waals surface area contributed by atoms with Crippen molar-refractivity contribution in [2.45, 2.75) is 6.54 Å². The van der Waals surface area contributed by atoms with Gasteiger partial charge in [-0.15, -0.1) is 0 Å². The van der Waals surface area contributed by atoms with Crippen LogP contribution in [-0.4, -0.2) is 41.2 Å². The van der Waals surface area contributed by atoms with Crippen LogP contribution in [-0.2, 0) is 6.54 Å². The SMILES string of the molecule is Oc1cncc(C#Cc2ccccc2CN2CCNCC2)c1. The van der Waals surface area contributed by atoms with E-state index in [0.29, 0.717) is 0 Å². The second-order valence-electron chi connectivity index (χ2n) is 5.37. The Bertz CT molecular complexity index is 697. The minimum absolute atomic E-state index is 0.140. The van der Waals surface area contributed by atoms with Gasteiger partial charge in [-0.3, -0.25) is 9.88 Å². The highest BCUT2D eigenvalue weighted by Crippen LogP contribution is 2.12. The first-order chi connectivity index (χ1) is 10.8. The largest absolute Gasteiger partial charge is 0.506 e. The molecule has 0 bridgehead atoms. The third-order valence-corrected chi connectivity index (χ3v) is 3.69. The molecule has 0 spiro atoms. The van der Waals surface area contributed by atoms with Crippen LogP contribution in [0.1, 0.15) is 16.7 Å². The maximum Gasteiger partial charge on any atom is 0.135 e. The van der Waals surface area contributed by atoms with E-state index in [1.54, 1.807) is 12.3 Å². The van der Waals surface area contributed by atoms with E-state index in [1.807, 2.05) is 12.1 Å². The second-order valence-corrected chi connectivity index (χ2v) is 5.37. The molecule has 1 saturated heterocycles. The molecule has 1 aromatic heterocycles. The number of aromatic nitrogens is 1. The molecule has 22 heavy (non-hydrogen) atoms. The van der Waals surface area contributed by atoms with Gasteiger partial charge in [-0.1, -0.05) is 30.0 Å². The second kappa shape index (κ2) is 7.08. The van der Waals surface area contributed by atoms with E-state index >= 15 is 0 Å². The zero-order valence-electron chi connectivity index (χ0n) is 12.4. The summed E-state index contributed by atoms with van der Waals surface area (Å²) in [4.78, 5) is 6.38. The molecule has 1 aliphatic heterocycles. The molecule has 0 saturated carbocycles. The van der Waals surface area contributed by atoms with E-state index in [2.05, 4.69) is 39.2 Å². The van der Waals surface area contributed by atoms with Gasteiger partial charge in [-0.25, -0.2) is 0 Å². The number of hydrogen-bond donors (Lipinski definition) is 2. The fourth-order valence-electron chi connectivity index (χ4n) is 2.53. The summed E-state index contributed by atoms with van der Waals surface area (Å²) in [5.74, 6) is 6.42. The molecule has 1 aromatic carbocycles. The third-order valence-electron chi connectivity index (χ3n) is 3.69. The molecule has 0 atom stereocenters. The number of aromatic hydroxyl groups is 1. The Kier molecular flexibility index (Phi) is 4.69. The van der Waals surface area contributed by atoms with Gasteiger partial charge in [-0.05, 0) is 17.7 Å². The van der Waals surface area contributed by atoms with E-state index in [0.717, 1.165) is 43.9 Å². The van der Waals surface area contributed by atoms with E-state index in [-0.39, 0.29) is 5.75 Å². The first-order valence-electron chi connectivity index (χ1n) is 7.48. The van der Waals surface area contributed by atoms with Crippen molar-refractivity contribution in [3.63, 3.8) is 0 Å². The fourth-order valence-corrected chi connectivity index (χ4v) is 2.53. The average Bonchev–Trinajstić information content (AvgIpc) is 2.55. The summed E-state index contributed by atoms with van der Waals surface area (Å²) in [6.45, 7) is 5.15. The molecule has 4 heteroatoms. The number of nitrogens with one attached hydrogen (secondary N) is 1. The summed E-state index contributed by atoms with van der Waals surface area (Å²) in [6, 6.07) is 9.86. The number of piperazine rings is 1. The lowest BCUT2D eigenvalue weighted by atomic mass is 10.1. The molecule has 2 heterocycles. The number of rotatable bonds is 2. The lowest BCUT2D eigenvalue weighted by Gasteiger charge is -2.27. The predicted octanol–water partition coefficient (Wildman–Crippen LogP) is 1.59. The molecule has 1 fully saturated rings. The Labute approximate surface area is 130 Å². The molecule has 2 aromatic rings. The van der Waals surface area contributed by atoms with Crippen molar-refractivity contribution in [1.82, 2.24) is 15.2 Å². The number of pyridine rings is 1. The van der Waals surface area contributed by atoms with Crippen LogP contribution in [0, 0.1) is 11.8 Å². The van der Waals surface area contributed by atoms with Gasteiger partial charge in [0.05, 0.1) is 6.20 Å². The smallest absolute Gasteiger partial charge is 0.135 e. The topological polar surface area (TPSA) is 48.4 Å². The normalized spacial score (nSPS) is 15.1. The van der Waals surface area contributed by atoms with Crippen LogP contribution in [0.15, 0.2) is 42.7 Å². The van der Waals surface area contributed by atoms with E-state index < -0.39 is 0 Å². The lowest BCUT2D eigenvalue weighted by molar-refractivity contribution is 0.233. The Morgan fingerprint density at radius 1 is 1.14 bits per heavy atom. The Hall–Kier alpha value is -2.35. The predicted molar refractivity (Wildman–Crippen MR) is 86.5 cm³/mol. The summed E-state index contributed by atoms with van der Waals surface area (Å²) in [7, 11) is 0. The number of hydrogen-bond acceptors (Lipinski definition) is 4. The summed E-state index contributed by atoms with van der Waals surface area (Å²) in [5.41, 5.74) is 2.99. The van der Waals surface area contributed by atoms with Crippen LogP contribution in [0.3, 0.4) is 0 Å². The molecule has 0 aliphatic carbocycles. The summed E-state index contributed by atoms with van der Waals surface area (Å²) in [6.07, 6.45) is 3.06. The summed E-state index contributed by atoms with van der Waals surface area (Å²) in [5, 5.41) is 12.8. The van der Waals surface area contributed by atoms with Gasteiger partial charge >= 0.3 is 0 Å². The van der Waals surface area contributed by atoms with Gasteiger partial charge in [0.25, 0.3) is 0 Å². The van der Waals surface area contributed by atoms with Gasteiger partial charge in [-0.2, -0.15) is 0 Å². The minimum atomic E-state index is 0.140.